The van der Waals surface area contributed by atoms with Crippen LogP contribution >= 0.6 is 0 Å². The second-order valence-corrected chi connectivity index (χ2v) is 8.96. The lowest BCUT2D eigenvalue weighted by atomic mass is 9.97. The Kier molecular flexibility index (Phi) is 7.65. The molecular formula is C28H31N3O4. The van der Waals surface area contributed by atoms with Crippen LogP contribution in [0.3, 0.4) is 0 Å². The summed E-state index contributed by atoms with van der Waals surface area (Å²) in [5, 5.41) is 5.81. The average molecular weight is 474 g/mol. The fourth-order valence-corrected chi connectivity index (χ4v) is 4.63. The molecule has 1 aromatic heterocycles. The van der Waals surface area contributed by atoms with Gasteiger partial charge in [0.25, 0.3) is 5.91 Å². The van der Waals surface area contributed by atoms with Crippen LogP contribution in [0, 0.1) is 13.8 Å². The maximum atomic E-state index is 13.8. The maximum Gasteiger partial charge on any atom is 0.287 e. The van der Waals surface area contributed by atoms with E-state index in [0.717, 1.165) is 42.4 Å². The number of benzene rings is 2. The topological polar surface area (TPSA) is 91.7 Å². The number of amides is 3. The molecule has 182 valence electrons. The molecule has 1 heterocycles. The third kappa shape index (κ3) is 5.62. The van der Waals surface area contributed by atoms with Crippen LogP contribution in [0.15, 0.2) is 71.3 Å². The lowest BCUT2D eigenvalue weighted by Gasteiger charge is -2.34. The highest BCUT2D eigenvalue weighted by Crippen LogP contribution is 2.32. The number of hydrogen-bond donors (Lipinski definition) is 2. The first-order valence-electron chi connectivity index (χ1n) is 12.0. The van der Waals surface area contributed by atoms with E-state index in [1.165, 1.54) is 17.2 Å². The number of carbonyl (C=O) groups is 3. The molecule has 4 rings (SSSR count). The van der Waals surface area contributed by atoms with E-state index in [2.05, 4.69) is 10.6 Å². The minimum atomic E-state index is -0.883. The lowest BCUT2D eigenvalue weighted by molar-refractivity contribution is -0.126. The van der Waals surface area contributed by atoms with Crippen molar-refractivity contribution >= 4 is 23.4 Å². The molecule has 0 radical (unpaired) electrons. The highest BCUT2D eigenvalue weighted by molar-refractivity contribution is 6.04. The first kappa shape index (κ1) is 24.3. The summed E-state index contributed by atoms with van der Waals surface area (Å²) in [6, 6.07) is 17.4. The maximum absolute atomic E-state index is 13.8. The first-order valence-corrected chi connectivity index (χ1v) is 12.0. The predicted octanol–water partition coefficient (Wildman–Crippen LogP) is 4.46. The van der Waals surface area contributed by atoms with E-state index < -0.39 is 17.9 Å². The molecule has 35 heavy (non-hydrogen) atoms. The summed E-state index contributed by atoms with van der Waals surface area (Å²) in [6.45, 7) is 3.55. The Bertz CT molecular complexity index is 1180. The molecule has 7 heteroatoms. The third-order valence-electron chi connectivity index (χ3n) is 6.48. The molecule has 0 spiro atoms. The van der Waals surface area contributed by atoms with Gasteiger partial charge in [-0.05, 0) is 61.6 Å². The summed E-state index contributed by atoms with van der Waals surface area (Å²) in [6.07, 6.45) is 5.43. The monoisotopic (exact) mass is 473 g/mol. The van der Waals surface area contributed by atoms with E-state index in [1.54, 1.807) is 6.07 Å². The van der Waals surface area contributed by atoms with Crippen molar-refractivity contribution in [3.05, 3.63) is 89.4 Å². The molecule has 1 aliphatic carbocycles. The van der Waals surface area contributed by atoms with Gasteiger partial charge >= 0.3 is 0 Å². The smallest absolute Gasteiger partial charge is 0.287 e. The quantitative estimate of drug-likeness (QED) is 0.505. The van der Waals surface area contributed by atoms with Crippen molar-refractivity contribution in [2.45, 2.75) is 51.6 Å². The SMILES string of the molecule is Cc1ccccc1C(C(=O)NC1CCCC1)N(C(=O)CNC(=O)c1ccco1)c1ccccc1C. The number of aryl methyl sites for hydroxylation is 2. The van der Waals surface area contributed by atoms with E-state index in [0.29, 0.717) is 5.69 Å². The molecule has 3 aromatic rings. The Hall–Kier alpha value is -3.87. The van der Waals surface area contributed by atoms with Crippen LogP contribution in [0.5, 0.6) is 0 Å². The lowest BCUT2D eigenvalue weighted by Crippen LogP contribution is -2.49. The number of para-hydroxylation sites is 1. The van der Waals surface area contributed by atoms with Crippen molar-refractivity contribution in [1.29, 1.82) is 0 Å². The Morgan fingerprint density at radius 3 is 2.29 bits per heavy atom. The summed E-state index contributed by atoms with van der Waals surface area (Å²) >= 11 is 0. The average Bonchev–Trinajstić information content (AvgIpc) is 3.57. The van der Waals surface area contributed by atoms with Crippen molar-refractivity contribution < 1.29 is 18.8 Å². The van der Waals surface area contributed by atoms with Gasteiger partial charge in [0, 0.05) is 11.7 Å². The van der Waals surface area contributed by atoms with Crippen LogP contribution < -0.4 is 15.5 Å². The van der Waals surface area contributed by atoms with Crippen molar-refractivity contribution in [2.75, 3.05) is 11.4 Å². The number of rotatable bonds is 8. The molecule has 1 fully saturated rings. The minimum absolute atomic E-state index is 0.0986. The van der Waals surface area contributed by atoms with E-state index in [9.17, 15) is 14.4 Å². The zero-order valence-corrected chi connectivity index (χ0v) is 20.1. The molecular weight excluding hydrogens is 442 g/mol. The number of nitrogens with one attached hydrogen (secondary N) is 2. The normalized spacial score (nSPS) is 14.3. The molecule has 1 atom stereocenters. The second-order valence-electron chi connectivity index (χ2n) is 8.96. The van der Waals surface area contributed by atoms with Crippen molar-refractivity contribution in [3.63, 3.8) is 0 Å². The van der Waals surface area contributed by atoms with Gasteiger partial charge in [-0.1, -0.05) is 55.3 Å². The molecule has 1 unspecified atom stereocenters. The summed E-state index contributed by atoms with van der Waals surface area (Å²) < 4.78 is 5.14. The van der Waals surface area contributed by atoms with Crippen LogP contribution in [0.2, 0.25) is 0 Å². The van der Waals surface area contributed by atoms with Crippen LogP contribution in [-0.4, -0.2) is 30.3 Å². The summed E-state index contributed by atoms with van der Waals surface area (Å²) in [5.41, 5.74) is 3.13. The third-order valence-corrected chi connectivity index (χ3v) is 6.48. The van der Waals surface area contributed by atoms with E-state index in [4.69, 9.17) is 4.42 Å². The number of anilines is 1. The number of furan rings is 1. The zero-order valence-electron chi connectivity index (χ0n) is 20.1. The van der Waals surface area contributed by atoms with Gasteiger partial charge in [-0.25, -0.2) is 0 Å². The van der Waals surface area contributed by atoms with Gasteiger partial charge in [-0.2, -0.15) is 0 Å². The van der Waals surface area contributed by atoms with Crippen LogP contribution in [0.25, 0.3) is 0 Å². The fourth-order valence-electron chi connectivity index (χ4n) is 4.63. The van der Waals surface area contributed by atoms with Gasteiger partial charge in [-0.15, -0.1) is 0 Å². The number of carbonyl (C=O) groups excluding carboxylic acids is 3. The van der Waals surface area contributed by atoms with Crippen LogP contribution in [-0.2, 0) is 9.59 Å². The van der Waals surface area contributed by atoms with Crippen LogP contribution in [0.1, 0.15) is 59.0 Å². The van der Waals surface area contributed by atoms with Crippen molar-refractivity contribution in [2.24, 2.45) is 0 Å². The van der Waals surface area contributed by atoms with Crippen LogP contribution in [0.4, 0.5) is 5.69 Å². The number of hydrogen-bond acceptors (Lipinski definition) is 4. The zero-order chi connectivity index (χ0) is 24.8. The molecule has 0 aliphatic heterocycles. The Morgan fingerprint density at radius 2 is 1.63 bits per heavy atom. The molecule has 7 nitrogen and oxygen atoms in total. The highest BCUT2D eigenvalue weighted by Gasteiger charge is 2.35. The second kappa shape index (κ2) is 11.0. The van der Waals surface area contributed by atoms with Crippen molar-refractivity contribution in [1.82, 2.24) is 10.6 Å². The molecule has 0 bridgehead atoms. The number of nitrogens with zero attached hydrogens (tertiary/aromatic N) is 1. The van der Waals surface area contributed by atoms with E-state index in [-0.39, 0.29) is 24.3 Å². The van der Waals surface area contributed by atoms with Gasteiger partial charge in [0.15, 0.2) is 5.76 Å². The van der Waals surface area contributed by atoms with Crippen molar-refractivity contribution in [3.8, 4) is 0 Å². The molecule has 2 N–H and O–H groups in total. The van der Waals surface area contributed by atoms with E-state index >= 15 is 0 Å². The molecule has 0 saturated heterocycles. The first-order chi connectivity index (χ1) is 17.0. The Morgan fingerprint density at radius 1 is 0.943 bits per heavy atom. The standard InChI is InChI=1S/C28H31N3O4/c1-19-10-3-7-14-22(19)26(28(34)30-21-12-5-6-13-21)31(23-15-8-4-11-20(23)2)25(32)18-29-27(33)24-16-9-17-35-24/h3-4,7-11,14-17,21,26H,5-6,12-13,18H2,1-2H3,(H,29,33)(H,30,34). The highest BCUT2D eigenvalue weighted by atomic mass is 16.3. The van der Waals surface area contributed by atoms with E-state index in [1.807, 2.05) is 62.4 Å². The minimum Gasteiger partial charge on any atom is -0.459 e. The Labute approximate surface area is 205 Å². The fraction of sp³-hybridized carbons (Fsp3) is 0.321. The predicted molar refractivity (Wildman–Crippen MR) is 134 cm³/mol. The van der Waals surface area contributed by atoms with Gasteiger partial charge in [0.2, 0.25) is 11.8 Å². The van der Waals surface area contributed by atoms with Gasteiger partial charge < -0.3 is 15.1 Å². The summed E-state index contributed by atoms with van der Waals surface area (Å²) in [7, 11) is 0. The summed E-state index contributed by atoms with van der Waals surface area (Å²) in [5.74, 6) is -0.986. The van der Waals surface area contributed by atoms with Gasteiger partial charge in [0.05, 0.1) is 12.8 Å². The summed E-state index contributed by atoms with van der Waals surface area (Å²) in [4.78, 5) is 41.5. The Balaban J connectivity index is 1.71. The molecule has 1 saturated carbocycles. The van der Waals surface area contributed by atoms with Gasteiger partial charge in [0.1, 0.15) is 6.04 Å². The van der Waals surface area contributed by atoms with Gasteiger partial charge in [-0.3, -0.25) is 19.3 Å². The molecule has 2 aromatic carbocycles. The largest absolute Gasteiger partial charge is 0.459 e. The molecule has 1 aliphatic rings. The molecule has 3 amide bonds.